The van der Waals surface area contributed by atoms with E-state index in [2.05, 4.69) is 10.6 Å². The summed E-state index contributed by atoms with van der Waals surface area (Å²) in [5.41, 5.74) is 2.41. The number of benzene rings is 3. The summed E-state index contributed by atoms with van der Waals surface area (Å²) in [5, 5.41) is 25.4. The van der Waals surface area contributed by atoms with Crippen molar-refractivity contribution in [3.05, 3.63) is 102 Å². The van der Waals surface area contributed by atoms with Gasteiger partial charge in [-0.15, -0.1) is 0 Å². The van der Waals surface area contributed by atoms with Crippen molar-refractivity contribution in [2.45, 2.75) is 82.0 Å². The highest BCUT2D eigenvalue weighted by Gasteiger charge is 2.33. The Hall–Kier alpha value is -3.57. The molecule has 0 saturated carbocycles. The Morgan fingerprint density at radius 1 is 0.841 bits per heavy atom. The molecular formula is C34H45N3O6S. The number of aliphatic hydroxyl groups is 2. The van der Waals surface area contributed by atoms with Crippen LogP contribution in [0.3, 0.4) is 0 Å². The van der Waals surface area contributed by atoms with Crippen LogP contribution in [-0.2, 0) is 26.2 Å². The van der Waals surface area contributed by atoms with Gasteiger partial charge in [0, 0.05) is 31.5 Å². The van der Waals surface area contributed by atoms with Gasteiger partial charge in [-0.2, -0.15) is 4.31 Å². The summed E-state index contributed by atoms with van der Waals surface area (Å²) < 4.78 is 28.3. The van der Waals surface area contributed by atoms with Crippen molar-refractivity contribution in [2.75, 3.05) is 13.2 Å². The van der Waals surface area contributed by atoms with E-state index >= 15 is 0 Å². The molecule has 10 heteroatoms. The molecule has 3 aromatic rings. The van der Waals surface area contributed by atoms with E-state index in [-0.39, 0.29) is 42.5 Å². The number of carbonyl (C=O) groups is 2. The molecular weight excluding hydrogens is 578 g/mol. The zero-order chi connectivity index (χ0) is 32.1. The summed E-state index contributed by atoms with van der Waals surface area (Å²) in [4.78, 5) is 26.0. The fourth-order valence-electron chi connectivity index (χ4n) is 5.43. The van der Waals surface area contributed by atoms with Gasteiger partial charge in [0.15, 0.2) is 0 Å². The molecule has 0 aliphatic rings. The molecule has 3 atom stereocenters. The van der Waals surface area contributed by atoms with Crippen LogP contribution in [0.5, 0.6) is 0 Å². The SMILES string of the molecule is CCCN([C@H](CO)CCC[C@H](C)NC(=O)[C@@H](NC(C)=O)C(c1ccccc1)c1ccccc1)S(=O)(=O)c1ccc(CO)cc1. The molecule has 0 aliphatic carbocycles. The third-order valence-electron chi connectivity index (χ3n) is 7.63. The maximum atomic E-state index is 13.7. The molecule has 3 rings (SSSR count). The first-order chi connectivity index (χ1) is 21.1. The van der Waals surface area contributed by atoms with E-state index in [0.29, 0.717) is 31.2 Å². The lowest BCUT2D eigenvalue weighted by atomic mass is 9.84. The van der Waals surface area contributed by atoms with Crippen molar-refractivity contribution < 1.29 is 28.2 Å². The topological polar surface area (TPSA) is 136 Å². The lowest BCUT2D eigenvalue weighted by Crippen LogP contribution is -2.51. The Morgan fingerprint density at radius 3 is 1.89 bits per heavy atom. The second-order valence-corrected chi connectivity index (χ2v) is 13.0. The van der Waals surface area contributed by atoms with Crippen LogP contribution < -0.4 is 10.6 Å². The van der Waals surface area contributed by atoms with Crippen LogP contribution >= 0.6 is 0 Å². The van der Waals surface area contributed by atoms with Gasteiger partial charge in [-0.25, -0.2) is 8.42 Å². The van der Waals surface area contributed by atoms with E-state index in [9.17, 15) is 28.2 Å². The number of sulfonamides is 1. The van der Waals surface area contributed by atoms with Crippen LogP contribution in [0.4, 0.5) is 0 Å². The van der Waals surface area contributed by atoms with Crippen molar-refractivity contribution >= 4 is 21.8 Å². The zero-order valence-electron chi connectivity index (χ0n) is 25.7. The van der Waals surface area contributed by atoms with Crippen LogP contribution in [0.15, 0.2) is 89.8 Å². The average molecular weight is 624 g/mol. The number of hydrogen-bond donors (Lipinski definition) is 4. The smallest absolute Gasteiger partial charge is 0.243 e. The Balaban J connectivity index is 1.71. The summed E-state index contributed by atoms with van der Waals surface area (Å²) in [6.07, 6.45) is 2.07. The minimum atomic E-state index is -3.87. The van der Waals surface area contributed by atoms with Crippen molar-refractivity contribution in [1.82, 2.24) is 14.9 Å². The van der Waals surface area contributed by atoms with Crippen LogP contribution in [0.25, 0.3) is 0 Å². The molecule has 238 valence electrons. The van der Waals surface area contributed by atoms with Gasteiger partial charge in [0.05, 0.1) is 18.1 Å². The third kappa shape index (κ3) is 9.46. The minimum absolute atomic E-state index is 0.109. The predicted octanol–water partition coefficient (Wildman–Crippen LogP) is 3.95. The number of hydrogen-bond acceptors (Lipinski definition) is 6. The van der Waals surface area contributed by atoms with E-state index in [1.54, 1.807) is 12.1 Å². The highest BCUT2D eigenvalue weighted by Crippen LogP contribution is 2.29. The van der Waals surface area contributed by atoms with Crippen LogP contribution in [0.1, 0.15) is 69.1 Å². The lowest BCUT2D eigenvalue weighted by molar-refractivity contribution is -0.128. The summed E-state index contributed by atoms with van der Waals surface area (Å²) in [6, 6.07) is 23.5. The van der Waals surface area contributed by atoms with Gasteiger partial charge in [-0.1, -0.05) is 79.7 Å². The number of nitrogens with one attached hydrogen (secondary N) is 2. The van der Waals surface area contributed by atoms with Gasteiger partial charge in [-0.3, -0.25) is 9.59 Å². The molecule has 0 saturated heterocycles. The van der Waals surface area contributed by atoms with Gasteiger partial charge in [0.25, 0.3) is 0 Å². The number of nitrogens with zero attached hydrogens (tertiary/aromatic N) is 1. The Bertz CT molecular complexity index is 1380. The molecule has 0 aromatic heterocycles. The molecule has 2 amide bonds. The normalized spacial score (nSPS) is 13.8. The van der Waals surface area contributed by atoms with E-state index in [1.807, 2.05) is 74.5 Å². The van der Waals surface area contributed by atoms with Crippen LogP contribution in [0, 0.1) is 0 Å². The first-order valence-electron chi connectivity index (χ1n) is 15.1. The molecule has 44 heavy (non-hydrogen) atoms. The Kier molecular flexibility index (Phi) is 13.5. The fourth-order valence-corrected chi connectivity index (χ4v) is 7.17. The highest BCUT2D eigenvalue weighted by molar-refractivity contribution is 7.89. The highest BCUT2D eigenvalue weighted by atomic mass is 32.2. The summed E-state index contributed by atoms with van der Waals surface area (Å²) in [6.45, 7) is 4.88. The minimum Gasteiger partial charge on any atom is -0.395 e. The largest absolute Gasteiger partial charge is 0.395 e. The summed E-state index contributed by atoms with van der Waals surface area (Å²) >= 11 is 0. The molecule has 4 N–H and O–H groups in total. The van der Waals surface area contributed by atoms with Gasteiger partial charge in [0.2, 0.25) is 21.8 Å². The van der Waals surface area contributed by atoms with E-state index < -0.39 is 28.0 Å². The molecule has 9 nitrogen and oxygen atoms in total. The lowest BCUT2D eigenvalue weighted by Gasteiger charge is -2.30. The van der Waals surface area contributed by atoms with Gasteiger partial charge in [-0.05, 0) is 61.4 Å². The van der Waals surface area contributed by atoms with Crippen molar-refractivity contribution in [3.63, 3.8) is 0 Å². The number of amides is 2. The second-order valence-electron chi connectivity index (χ2n) is 11.1. The van der Waals surface area contributed by atoms with Crippen LogP contribution in [0.2, 0.25) is 0 Å². The molecule has 0 heterocycles. The van der Waals surface area contributed by atoms with Crippen molar-refractivity contribution in [1.29, 1.82) is 0 Å². The van der Waals surface area contributed by atoms with Crippen molar-refractivity contribution in [2.24, 2.45) is 0 Å². The first-order valence-corrected chi connectivity index (χ1v) is 16.6. The first kappa shape index (κ1) is 34.9. The molecule has 3 aromatic carbocycles. The maximum Gasteiger partial charge on any atom is 0.243 e. The summed E-state index contributed by atoms with van der Waals surface area (Å²) in [5.74, 6) is -1.04. The number of carbonyl (C=O) groups excluding carboxylic acids is 2. The quantitative estimate of drug-likeness (QED) is 0.180. The monoisotopic (exact) mass is 623 g/mol. The van der Waals surface area contributed by atoms with Gasteiger partial charge >= 0.3 is 0 Å². The van der Waals surface area contributed by atoms with Gasteiger partial charge < -0.3 is 20.8 Å². The number of rotatable bonds is 17. The van der Waals surface area contributed by atoms with Crippen molar-refractivity contribution in [3.8, 4) is 0 Å². The average Bonchev–Trinajstić information content (AvgIpc) is 3.02. The standard InChI is InChI=1S/C34H45N3O6S/c1-4-22-37(44(42,43)31-20-18-27(23-38)19-21-31)30(24-39)17-11-12-25(2)35-34(41)33(36-26(3)40)32(28-13-7-5-8-14-28)29-15-9-6-10-16-29/h5-10,13-16,18-21,25,30,32-33,38-39H,4,11-12,17,22-24H2,1-3H3,(H,35,41)(H,36,40)/t25-,30-,33-/m0/s1. The van der Waals surface area contributed by atoms with E-state index in [1.165, 1.54) is 23.4 Å². The fraction of sp³-hybridized carbons (Fsp3) is 0.412. The summed E-state index contributed by atoms with van der Waals surface area (Å²) in [7, 11) is -3.87. The zero-order valence-corrected chi connectivity index (χ0v) is 26.5. The van der Waals surface area contributed by atoms with E-state index in [0.717, 1.165) is 11.1 Å². The molecule has 0 radical (unpaired) electrons. The molecule has 0 aliphatic heterocycles. The molecule has 0 unspecified atom stereocenters. The van der Waals surface area contributed by atoms with Gasteiger partial charge in [0.1, 0.15) is 6.04 Å². The Labute approximate surface area is 261 Å². The van der Waals surface area contributed by atoms with Crippen LogP contribution in [-0.4, -0.2) is 66.0 Å². The third-order valence-corrected chi connectivity index (χ3v) is 9.60. The van der Waals surface area contributed by atoms with E-state index in [4.69, 9.17) is 0 Å². The maximum absolute atomic E-state index is 13.7. The number of aliphatic hydroxyl groups excluding tert-OH is 2. The second kappa shape index (κ2) is 17.1. The molecule has 0 bridgehead atoms. The molecule has 0 fully saturated rings. The Morgan fingerprint density at radius 2 is 1.41 bits per heavy atom. The predicted molar refractivity (Wildman–Crippen MR) is 171 cm³/mol. The molecule has 0 spiro atoms.